The minimum Gasteiger partial charge on any atom is -0.496 e. The van der Waals surface area contributed by atoms with Gasteiger partial charge in [0, 0.05) is 10.7 Å². The number of rotatable bonds is 5. The normalized spacial score (nSPS) is 11.2. The molecule has 0 spiro atoms. The molecule has 0 unspecified atom stereocenters. The van der Waals surface area contributed by atoms with Crippen LogP contribution >= 0.6 is 11.6 Å². The molecule has 1 atom stereocenters. The number of carbonyl (C=O) groups is 2. The Morgan fingerprint density at radius 3 is 2.50 bits per heavy atom. The van der Waals surface area contributed by atoms with Crippen molar-refractivity contribution in [3.8, 4) is 11.8 Å². The Morgan fingerprint density at radius 1 is 1.25 bits per heavy atom. The fraction of sp³-hybridized carbons (Fsp3) is 0.118. The zero-order valence-corrected chi connectivity index (χ0v) is 13.3. The number of ketones is 1. The average Bonchev–Trinajstić information content (AvgIpc) is 2.57. The number of nitriles is 1. The lowest BCUT2D eigenvalue weighted by atomic mass is 9.97. The zero-order valence-electron chi connectivity index (χ0n) is 12.5. The largest absolute Gasteiger partial charge is 0.496 e. The lowest BCUT2D eigenvalue weighted by molar-refractivity contribution is -0.117. The van der Waals surface area contributed by atoms with Gasteiger partial charge in [0.25, 0.3) is 0 Å². The molecule has 5 nitrogen and oxygen atoms in total. The van der Waals surface area contributed by atoms with Gasteiger partial charge < -0.3 is 10.1 Å². The Bertz CT molecular complexity index is 816. The monoisotopic (exact) mass is 346 g/mol. The molecule has 2 aromatic rings. The quantitative estimate of drug-likeness (QED) is 0.664. The van der Waals surface area contributed by atoms with E-state index < -0.39 is 23.4 Å². The van der Waals surface area contributed by atoms with E-state index in [1.54, 1.807) is 6.07 Å². The summed E-state index contributed by atoms with van der Waals surface area (Å²) in [5, 5.41) is 11.9. The Labute approximate surface area is 142 Å². The molecule has 24 heavy (non-hydrogen) atoms. The SMILES string of the molecule is COc1ccc(Cl)cc1C(=O)[C@H](C#N)C(=O)Nc1ccc(F)cc1. The maximum absolute atomic E-state index is 12.9. The molecule has 0 aromatic heterocycles. The van der Waals surface area contributed by atoms with E-state index in [1.165, 1.54) is 37.4 Å². The van der Waals surface area contributed by atoms with Crippen LogP contribution < -0.4 is 10.1 Å². The van der Waals surface area contributed by atoms with Crippen molar-refractivity contribution in [3.05, 3.63) is 58.9 Å². The highest BCUT2D eigenvalue weighted by molar-refractivity contribution is 6.31. The van der Waals surface area contributed by atoms with Crippen LogP contribution in [-0.4, -0.2) is 18.8 Å². The van der Waals surface area contributed by atoms with Crippen molar-refractivity contribution in [1.29, 1.82) is 5.26 Å². The summed E-state index contributed by atoms with van der Waals surface area (Å²) in [6, 6.07) is 11.0. The molecule has 1 N–H and O–H groups in total. The second-order valence-electron chi connectivity index (χ2n) is 4.77. The van der Waals surface area contributed by atoms with Gasteiger partial charge in [0.1, 0.15) is 11.6 Å². The van der Waals surface area contributed by atoms with Crippen LogP contribution in [0.3, 0.4) is 0 Å². The van der Waals surface area contributed by atoms with Crippen molar-refractivity contribution < 1.29 is 18.7 Å². The summed E-state index contributed by atoms with van der Waals surface area (Å²) in [4.78, 5) is 24.7. The summed E-state index contributed by atoms with van der Waals surface area (Å²) < 4.78 is 17.9. The van der Waals surface area contributed by atoms with E-state index >= 15 is 0 Å². The fourth-order valence-corrected chi connectivity index (χ4v) is 2.18. The number of nitrogens with one attached hydrogen (secondary N) is 1. The van der Waals surface area contributed by atoms with Crippen LogP contribution in [0.4, 0.5) is 10.1 Å². The van der Waals surface area contributed by atoms with Gasteiger partial charge in [-0.25, -0.2) is 4.39 Å². The van der Waals surface area contributed by atoms with Crippen LogP contribution in [0.15, 0.2) is 42.5 Å². The highest BCUT2D eigenvalue weighted by Crippen LogP contribution is 2.25. The molecule has 2 aromatic carbocycles. The number of Topliss-reactive ketones (excluding diaryl/α,β-unsaturated/α-hetero) is 1. The first-order valence-electron chi connectivity index (χ1n) is 6.80. The van der Waals surface area contributed by atoms with Gasteiger partial charge in [0.05, 0.1) is 18.7 Å². The molecular weight excluding hydrogens is 335 g/mol. The van der Waals surface area contributed by atoms with Crippen molar-refractivity contribution >= 4 is 29.0 Å². The summed E-state index contributed by atoms with van der Waals surface area (Å²) in [5.41, 5.74) is 0.304. The average molecular weight is 347 g/mol. The molecular formula is C17H12ClFN2O3. The maximum atomic E-state index is 12.9. The van der Waals surface area contributed by atoms with Gasteiger partial charge in [0.2, 0.25) is 5.91 Å². The van der Waals surface area contributed by atoms with Gasteiger partial charge in [-0.1, -0.05) is 11.6 Å². The molecule has 0 radical (unpaired) electrons. The molecule has 0 fully saturated rings. The van der Waals surface area contributed by atoms with Crippen LogP contribution in [-0.2, 0) is 4.79 Å². The van der Waals surface area contributed by atoms with E-state index in [1.807, 2.05) is 0 Å². The van der Waals surface area contributed by atoms with Crippen LogP contribution in [0.1, 0.15) is 10.4 Å². The van der Waals surface area contributed by atoms with Gasteiger partial charge in [-0.15, -0.1) is 0 Å². The summed E-state index contributed by atoms with van der Waals surface area (Å²) in [5.74, 6) is -3.42. The van der Waals surface area contributed by atoms with Gasteiger partial charge in [0.15, 0.2) is 11.7 Å². The first-order valence-corrected chi connectivity index (χ1v) is 7.18. The number of hydrogen-bond acceptors (Lipinski definition) is 4. The molecule has 2 rings (SSSR count). The Balaban J connectivity index is 2.26. The third kappa shape index (κ3) is 3.89. The predicted octanol–water partition coefficient (Wildman–Crippen LogP) is 3.45. The number of ether oxygens (including phenoxy) is 1. The van der Waals surface area contributed by atoms with Crippen molar-refractivity contribution in [1.82, 2.24) is 0 Å². The second-order valence-corrected chi connectivity index (χ2v) is 5.20. The highest BCUT2D eigenvalue weighted by Gasteiger charge is 2.30. The standard InChI is InChI=1S/C17H12ClFN2O3/c1-24-15-7-2-10(18)8-13(15)16(22)14(9-20)17(23)21-12-5-3-11(19)4-6-12/h2-8,14H,1H3,(H,21,23)/t14-/m0/s1. The van der Waals surface area contributed by atoms with Gasteiger partial charge in [-0.3, -0.25) is 9.59 Å². The van der Waals surface area contributed by atoms with Crippen LogP contribution in [0, 0.1) is 23.1 Å². The Kier molecular flexibility index (Phi) is 5.51. The van der Waals surface area contributed by atoms with Crippen molar-refractivity contribution in [2.75, 3.05) is 12.4 Å². The summed E-state index contributed by atoms with van der Waals surface area (Å²) >= 11 is 5.86. The van der Waals surface area contributed by atoms with E-state index in [2.05, 4.69) is 5.32 Å². The molecule has 0 saturated carbocycles. The minimum absolute atomic E-state index is 0.0332. The fourth-order valence-electron chi connectivity index (χ4n) is 2.01. The number of benzene rings is 2. The Morgan fingerprint density at radius 2 is 1.92 bits per heavy atom. The van der Waals surface area contributed by atoms with E-state index in [0.717, 1.165) is 12.1 Å². The number of hydrogen-bond donors (Lipinski definition) is 1. The molecule has 0 aliphatic carbocycles. The third-order valence-corrected chi connectivity index (χ3v) is 3.43. The predicted molar refractivity (Wildman–Crippen MR) is 86.5 cm³/mol. The summed E-state index contributed by atoms with van der Waals surface area (Å²) in [6.07, 6.45) is 0. The number of anilines is 1. The van der Waals surface area contributed by atoms with Crippen molar-refractivity contribution in [2.24, 2.45) is 5.92 Å². The molecule has 0 heterocycles. The number of methoxy groups -OCH3 is 1. The number of carbonyl (C=O) groups excluding carboxylic acids is 2. The first kappa shape index (κ1) is 17.4. The molecule has 122 valence electrons. The van der Waals surface area contributed by atoms with Crippen LogP contribution in [0.2, 0.25) is 5.02 Å². The molecule has 0 saturated heterocycles. The molecule has 0 aliphatic rings. The van der Waals surface area contributed by atoms with Gasteiger partial charge in [-0.05, 0) is 42.5 Å². The van der Waals surface area contributed by atoms with Crippen LogP contribution in [0.25, 0.3) is 0 Å². The molecule has 0 bridgehead atoms. The minimum atomic E-state index is -1.59. The van der Waals surface area contributed by atoms with E-state index in [0.29, 0.717) is 0 Å². The molecule has 7 heteroatoms. The maximum Gasteiger partial charge on any atom is 0.249 e. The van der Waals surface area contributed by atoms with E-state index in [9.17, 15) is 19.2 Å². The van der Waals surface area contributed by atoms with Crippen molar-refractivity contribution in [2.45, 2.75) is 0 Å². The zero-order chi connectivity index (χ0) is 17.7. The lowest BCUT2D eigenvalue weighted by Gasteiger charge is -2.12. The van der Waals surface area contributed by atoms with Crippen molar-refractivity contribution in [3.63, 3.8) is 0 Å². The van der Waals surface area contributed by atoms with Gasteiger partial charge >= 0.3 is 0 Å². The first-order chi connectivity index (χ1) is 11.5. The second kappa shape index (κ2) is 7.57. The third-order valence-electron chi connectivity index (χ3n) is 3.19. The number of halogens is 2. The van der Waals surface area contributed by atoms with E-state index in [4.69, 9.17) is 16.3 Å². The summed E-state index contributed by atoms with van der Waals surface area (Å²) in [7, 11) is 1.36. The number of nitrogens with zero attached hydrogens (tertiary/aromatic N) is 1. The Hall–Kier alpha value is -2.91. The highest BCUT2D eigenvalue weighted by atomic mass is 35.5. The number of amides is 1. The topological polar surface area (TPSA) is 79.2 Å². The summed E-state index contributed by atoms with van der Waals surface area (Å²) in [6.45, 7) is 0. The van der Waals surface area contributed by atoms with E-state index in [-0.39, 0.29) is 22.0 Å². The molecule has 1 amide bonds. The van der Waals surface area contributed by atoms with Crippen LogP contribution in [0.5, 0.6) is 5.75 Å². The van der Waals surface area contributed by atoms with Gasteiger partial charge in [-0.2, -0.15) is 5.26 Å². The smallest absolute Gasteiger partial charge is 0.249 e. The molecule has 0 aliphatic heterocycles. The lowest BCUT2D eigenvalue weighted by Crippen LogP contribution is -2.29.